The molecule has 2 N–H and O–H groups in total. The number of nitrogens with zero attached hydrogens (tertiary/aromatic N) is 3. The molecule has 21 heavy (non-hydrogen) atoms. The van der Waals surface area contributed by atoms with Gasteiger partial charge in [-0.2, -0.15) is 0 Å². The highest BCUT2D eigenvalue weighted by Gasteiger charge is 2.12. The first-order chi connectivity index (χ1) is 10.3. The zero-order valence-electron chi connectivity index (χ0n) is 12.5. The van der Waals surface area contributed by atoms with Crippen molar-refractivity contribution in [1.82, 2.24) is 20.3 Å². The second-order valence-electron chi connectivity index (χ2n) is 5.65. The van der Waals surface area contributed by atoms with Crippen LogP contribution in [0.25, 0.3) is 0 Å². The van der Waals surface area contributed by atoms with Crippen LogP contribution in [0.4, 0.5) is 5.82 Å². The van der Waals surface area contributed by atoms with E-state index in [2.05, 4.69) is 44.2 Å². The van der Waals surface area contributed by atoms with Gasteiger partial charge in [-0.1, -0.05) is 0 Å². The number of pyridine rings is 1. The van der Waals surface area contributed by atoms with Crippen molar-refractivity contribution in [2.75, 3.05) is 18.0 Å². The number of hydrogen-bond donors (Lipinski definition) is 2. The zero-order valence-corrected chi connectivity index (χ0v) is 12.5. The number of H-pyrrole nitrogens is 1. The van der Waals surface area contributed by atoms with Gasteiger partial charge in [-0.05, 0) is 43.9 Å². The van der Waals surface area contributed by atoms with E-state index in [9.17, 15) is 0 Å². The van der Waals surface area contributed by atoms with E-state index in [1.807, 2.05) is 12.4 Å². The molecule has 2 aromatic rings. The number of hydrogen-bond acceptors (Lipinski definition) is 4. The molecule has 5 heteroatoms. The summed E-state index contributed by atoms with van der Waals surface area (Å²) < 4.78 is 0. The van der Waals surface area contributed by atoms with Gasteiger partial charge in [-0.3, -0.25) is 0 Å². The Bertz CT molecular complexity index is 546. The van der Waals surface area contributed by atoms with Gasteiger partial charge in [0.05, 0.1) is 6.04 Å². The molecule has 1 aliphatic heterocycles. The molecule has 1 saturated heterocycles. The minimum atomic E-state index is 0.214. The Morgan fingerprint density at radius 1 is 1.24 bits per heavy atom. The lowest BCUT2D eigenvalue weighted by molar-refractivity contribution is 0.549. The van der Waals surface area contributed by atoms with Crippen LogP contribution in [-0.4, -0.2) is 28.0 Å². The van der Waals surface area contributed by atoms with Crippen LogP contribution in [0, 0.1) is 0 Å². The summed E-state index contributed by atoms with van der Waals surface area (Å²) >= 11 is 0. The lowest BCUT2D eigenvalue weighted by atomic mass is 10.1. The summed E-state index contributed by atoms with van der Waals surface area (Å²) in [6, 6.07) is 4.49. The van der Waals surface area contributed by atoms with Crippen molar-refractivity contribution >= 4 is 5.82 Å². The third-order valence-electron chi connectivity index (χ3n) is 4.03. The Morgan fingerprint density at radius 3 is 2.86 bits per heavy atom. The molecule has 1 atom stereocenters. The van der Waals surface area contributed by atoms with Gasteiger partial charge in [0.1, 0.15) is 11.6 Å². The molecule has 112 valence electrons. The molecule has 3 rings (SSSR count). The summed E-state index contributed by atoms with van der Waals surface area (Å²) in [4.78, 5) is 14.3. The van der Waals surface area contributed by atoms with E-state index >= 15 is 0 Å². The lowest BCUT2D eigenvalue weighted by Gasteiger charge is -2.28. The first-order valence-corrected chi connectivity index (χ1v) is 7.75. The number of piperidine rings is 1. The fourth-order valence-electron chi connectivity index (χ4n) is 2.75. The van der Waals surface area contributed by atoms with Gasteiger partial charge in [-0.15, -0.1) is 0 Å². The van der Waals surface area contributed by atoms with E-state index in [4.69, 9.17) is 0 Å². The highest BCUT2D eigenvalue weighted by atomic mass is 15.2. The van der Waals surface area contributed by atoms with Crippen molar-refractivity contribution in [2.24, 2.45) is 0 Å². The maximum atomic E-state index is 4.52. The molecule has 0 amide bonds. The largest absolute Gasteiger partial charge is 0.357 e. The zero-order chi connectivity index (χ0) is 14.5. The highest BCUT2D eigenvalue weighted by Crippen LogP contribution is 2.18. The average molecular weight is 285 g/mol. The van der Waals surface area contributed by atoms with E-state index in [0.717, 1.165) is 31.3 Å². The Hall–Kier alpha value is -1.88. The van der Waals surface area contributed by atoms with Gasteiger partial charge in [0.15, 0.2) is 0 Å². The van der Waals surface area contributed by atoms with Gasteiger partial charge in [0.2, 0.25) is 0 Å². The molecule has 0 bridgehead atoms. The summed E-state index contributed by atoms with van der Waals surface area (Å²) in [7, 11) is 0. The molecule has 0 unspecified atom stereocenters. The standard InChI is InChI=1S/C16H23N5/c1-13(16-18-7-8-19-16)20-12-14-5-6-17-15(11-14)21-9-3-2-4-10-21/h5-8,11,13,20H,2-4,9-10,12H2,1H3,(H,18,19)/t13-/m1/s1. The van der Waals surface area contributed by atoms with Crippen LogP contribution in [0.5, 0.6) is 0 Å². The molecule has 1 fully saturated rings. The van der Waals surface area contributed by atoms with Crippen LogP contribution in [-0.2, 0) is 6.54 Å². The Morgan fingerprint density at radius 2 is 2.10 bits per heavy atom. The van der Waals surface area contributed by atoms with Crippen molar-refractivity contribution in [1.29, 1.82) is 0 Å². The molecule has 5 nitrogen and oxygen atoms in total. The van der Waals surface area contributed by atoms with Crippen molar-refractivity contribution in [3.8, 4) is 0 Å². The molecule has 3 heterocycles. The van der Waals surface area contributed by atoms with Crippen LogP contribution in [0.15, 0.2) is 30.7 Å². The molecular formula is C16H23N5. The number of rotatable bonds is 5. The fourth-order valence-corrected chi connectivity index (χ4v) is 2.75. The summed E-state index contributed by atoms with van der Waals surface area (Å²) in [6.07, 6.45) is 9.46. The predicted molar refractivity (Wildman–Crippen MR) is 84.1 cm³/mol. The summed E-state index contributed by atoms with van der Waals surface area (Å²) in [5.74, 6) is 2.08. The maximum Gasteiger partial charge on any atom is 0.128 e. The maximum absolute atomic E-state index is 4.52. The average Bonchev–Trinajstić information content (AvgIpc) is 3.08. The summed E-state index contributed by atoms with van der Waals surface area (Å²) in [5.41, 5.74) is 1.27. The van der Waals surface area contributed by atoms with Gasteiger partial charge >= 0.3 is 0 Å². The second kappa shape index (κ2) is 6.72. The van der Waals surface area contributed by atoms with Crippen LogP contribution in [0.3, 0.4) is 0 Å². The van der Waals surface area contributed by atoms with E-state index in [0.29, 0.717) is 0 Å². The predicted octanol–water partition coefficient (Wildman–Crippen LogP) is 2.65. The van der Waals surface area contributed by atoms with Crippen LogP contribution in [0.1, 0.15) is 43.6 Å². The van der Waals surface area contributed by atoms with Gasteiger partial charge < -0.3 is 15.2 Å². The first kappa shape index (κ1) is 14.1. The number of aromatic amines is 1. The molecule has 0 aliphatic carbocycles. The Kier molecular flexibility index (Phi) is 4.50. The van der Waals surface area contributed by atoms with Gasteiger partial charge in [0, 0.05) is 38.2 Å². The van der Waals surface area contributed by atoms with Crippen LogP contribution in [0.2, 0.25) is 0 Å². The molecular weight excluding hydrogens is 262 g/mol. The number of nitrogens with one attached hydrogen (secondary N) is 2. The third kappa shape index (κ3) is 3.61. The van der Waals surface area contributed by atoms with E-state index in [1.54, 1.807) is 6.20 Å². The minimum absolute atomic E-state index is 0.214. The van der Waals surface area contributed by atoms with E-state index in [-0.39, 0.29) is 6.04 Å². The van der Waals surface area contributed by atoms with Gasteiger partial charge in [-0.25, -0.2) is 9.97 Å². The number of imidazole rings is 1. The minimum Gasteiger partial charge on any atom is -0.357 e. The first-order valence-electron chi connectivity index (χ1n) is 7.75. The number of aromatic nitrogens is 3. The lowest BCUT2D eigenvalue weighted by Crippen LogP contribution is -2.30. The molecule has 0 spiro atoms. The molecule has 0 saturated carbocycles. The molecule has 2 aromatic heterocycles. The Labute approximate surface area is 125 Å². The monoisotopic (exact) mass is 285 g/mol. The van der Waals surface area contributed by atoms with E-state index in [1.165, 1.54) is 24.8 Å². The third-order valence-corrected chi connectivity index (χ3v) is 4.03. The van der Waals surface area contributed by atoms with Crippen molar-refractivity contribution in [2.45, 2.75) is 38.8 Å². The smallest absolute Gasteiger partial charge is 0.128 e. The van der Waals surface area contributed by atoms with Crippen molar-refractivity contribution < 1.29 is 0 Å². The summed E-state index contributed by atoms with van der Waals surface area (Å²) in [5, 5.41) is 3.49. The topological polar surface area (TPSA) is 56.8 Å². The molecule has 0 radical (unpaired) electrons. The second-order valence-corrected chi connectivity index (χ2v) is 5.65. The summed E-state index contributed by atoms with van der Waals surface area (Å²) in [6.45, 7) is 5.20. The number of anilines is 1. The van der Waals surface area contributed by atoms with Crippen LogP contribution >= 0.6 is 0 Å². The Balaban J connectivity index is 1.60. The van der Waals surface area contributed by atoms with Gasteiger partial charge in [0.25, 0.3) is 0 Å². The highest BCUT2D eigenvalue weighted by molar-refractivity contribution is 5.41. The quantitative estimate of drug-likeness (QED) is 0.886. The van der Waals surface area contributed by atoms with Crippen LogP contribution < -0.4 is 10.2 Å². The normalized spacial score (nSPS) is 16.9. The molecule has 1 aliphatic rings. The van der Waals surface area contributed by atoms with Crippen molar-refractivity contribution in [3.63, 3.8) is 0 Å². The fraction of sp³-hybridized carbons (Fsp3) is 0.500. The molecule has 0 aromatic carbocycles. The van der Waals surface area contributed by atoms with E-state index < -0.39 is 0 Å². The van der Waals surface area contributed by atoms with Crippen molar-refractivity contribution in [3.05, 3.63) is 42.1 Å². The SMILES string of the molecule is C[C@@H](NCc1ccnc(N2CCCCC2)c1)c1ncc[nH]1.